The number of H-pyrrole nitrogens is 1. The normalized spacial score (nSPS) is 11.4. The van der Waals surface area contributed by atoms with Gasteiger partial charge in [-0.1, -0.05) is 51.2 Å². The first-order valence-corrected chi connectivity index (χ1v) is 10.7. The number of hydrazone groups is 1. The van der Waals surface area contributed by atoms with Gasteiger partial charge in [0.1, 0.15) is 0 Å². The second-order valence-corrected chi connectivity index (χ2v) is 7.57. The molecule has 0 bridgehead atoms. The zero-order chi connectivity index (χ0) is 23.1. The number of imidazole rings is 1. The fourth-order valence-electron chi connectivity index (χ4n) is 3.47. The van der Waals surface area contributed by atoms with E-state index in [1.54, 1.807) is 23.7 Å². The Morgan fingerprint density at radius 2 is 1.97 bits per heavy atom. The summed E-state index contributed by atoms with van der Waals surface area (Å²) in [6.07, 6.45) is 7.96. The highest BCUT2D eigenvalue weighted by molar-refractivity contribution is 5.81. The average Bonchev–Trinajstić information content (AvgIpc) is 3.14. The van der Waals surface area contributed by atoms with Gasteiger partial charge in [-0.15, -0.1) is 0 Å². The van der Waals surface area contributed by atoms with Crippen LogP contribution in [0, 0.1) is 10.1 Å². The smallest absolute Gasteiger partial charge is 0.303 e. The number of unbranched alkanes of at least 4 members (excludes halogenated alkanes) is 5. The number of nitrogens with one attached hydrogen (secondary N) is 2. The van der Waals surface area contributed by atoms with Gasteiger partial charge in [0.25, 0.3) is 11.2 Å². The summed E-state index contributed by atoms with van der Waals surface area (Å²) >= 11 is 0. The Morgan fingerprint density at radius 1 is 1.22 bits per heavy atom. The number of rotatable bonds is 11. The van der Waals surface area contributed by atoms with Crippen LogP contribution in [0.3, 0.4) is 0 Å². The molecular formula is C21H27N7O4. The summed E-state index contributed by atoms with van der Waals surface area (Å²) in [4.78, 5) is 41.7. The zero-order valence-corrected chi connectivity index (χ0v) is 18.2. The lowest BCUT2D eigenvalue weighted by atomic mass is 10.1. The van der Waals surface area contributed by atoms with Crippen molar-refractivity contribution in [3.63, 3.8) is 0 Å². The quantitative estimate of drug-likeness (QED) is 0.203. The van der Waals surface area contributed by atoms with E-state index in [0.717, 1.165) is 19.3 Å². The highest BCUT2D eigenvalue weighted by Gasteiger charge is 2.17. The molecule has 2 aromatic heterocycles. The number of aromatic amines is 1. The molecule has 0 atom stereocenters. The maximum absolute atomic E-state index is 12.5. The Hall–Kier alpha value is -3.76. The van der Waals surface area contributed by atoms with Gasteiger partial charge < -0.3 is 4.57 Å². The molecule has 0 saturated carbocycles. The summed E-state index contributed by atoms with van der Waals surface area (Å²) in [5.74, 6) is 0.321. The van der Waals surface area contributed by atoms with Crippen LogP contribution in [0.2, 0.25) is 0 Å². The van der Waals surface area contributed by atoms with Gasteiger partial charge >= 0.3 is 5.69 Å². The molecule has 2 N–H and O–H groups in total. The molecule has 0 saturated heterocycles. The Morgan fingerprint density at radius 3 is 2.72 bits per heavy atom. The number of fused-ring (bicyclic) bond motifs is 1. The van der Waals surface area contributed by atoms with E-state index in [0.29, 0.717) is 23.6 Å². The lowest BCUT2D eigenvalue weighted by Gasteiger charge is -2.08. The van der Waals surface area contributed by atoms with E-state index in [-0.39, 0.29) is 11.3 Å². The molecule has 0 aliphatic carbocycles. The summed E-state index contributed by atoms with van der Waals surface area (Å²) in [6, 6.07) is 6.06. The summed E-state index contributed by atoms with van der Waals surface area (Å²) in [5, 5.41) is 15.1. The predicted molar refractivity (Wildman–Crippen MR) is 123 cm³/mol. The van der Waals surface area contributed by atoms with Crippen LogP contribution in [0.1, 0.15) is 51.0 Å². The van der Waals surface area contributed by atoms with Crippen molar-refractivity contribution in [2.75, 3.05) is 5.43 Å². The summed E-state index contributed by atoms with van der Waals surface area (Å²) < 4.78 is 3.00. The Labute approximate surface area is 183 Å². The van der Waals surface area contributed by atoms with E-state index in [1.165, 1.54) is 42.2 Å². The van der Waals surface area contributed by atoms with E-state index in [9.17, 15) is 19.7 Å². The van der Waals surface area contributed by atoms with Crippen LogP contribution < -0.4 is 16.7 Å². The molecule has 0 radical (unpaired) electrons. The molecule has 0 unspecified atom stereocenters. The average molecular weight is 441 g/mol. The molecule has 0 aliphatic rings. The fraction of sp³-hybridized carbons (Fsp3) is 0.429. The van der Waals surface area contributed by atoms with Gasteiger partial charge in [0.05, 0.1) is 11.1 Å². The Balaban J connectivity index is 1.86. The minimum atomic E-state index is -0.543. The van der Waals surface area contributed by atoms with Gasteiger partial charge in [0.2, 0.25) is 5.95 Å². The van der Waals surface area contributed by atoms with Crippen LogP contribution in [-0.2, 0) is 13.6 Å². The zero-order valence-electron chi connectivity index (χ0n) is 18.2. The van der Waals surface area contributed by atoms with Crippen molar-refractivity contribution < 1.29 is 4.92 Å². The van der Waals surface area contributed by atoms with Crippen molar-refractivity contribution in [3.05, 3.63) is 60.8 Å². The van der Waals surface area contributed by atoms with Crippen LogP contribution >= 0.6 is 0 Å². The molecule has 170 valence electrons. The first kappa shape index (κ1) is 22.9. The van der Waals surface area contributed by atoms with E-state index in [2.05, 4.69) is 27.4 Å². The molecule has 3 aromatic rings. The number of non-ortho nitro benzene ring substituents is 1. The number of aryl methyl sites for hydroxylation is 2. The first-order valence-electron chi connectivity index (χ1n) is 10.7. The molecule has 11 nitrogen and oxygen atoms in total. The number of hydrogen-bond donors (Lipinski definition) is 2. The summed E-state index contributed by atoms with van der Waals surface area (Å²) in [5.41, 5.74) is 2.84. The van der Waals surface area contributed by atoms with Gasteiger partial charge in [-0.05, 0) is 6.42 Å². The van der Waals surface area contributed by atoms with Crippen LogP contribution in [0.15, 0.2) is 39.0 Å². The van der Waals surface area contributed by atoms with E-state index in [1.807, 2.05) is 0 Å². The van der Waals surface area contributed by atoms with Crippen LogP contribution in [0.25, 0.3) is 11.2 Å². The third-order valence-corrected chi connectivity index (χ3v) is 5.20. The van der Waals surface area contributed by atoms with Gasteiger partial charge in [-0.2, -0.15) is 10.1 Å². The number of nitro groups is 1. The van der Waals surface area contributed by atoms with Crippen molar-refractivity contribution in [3.8, 4) is 0 Å². The van der Waals surface area contributed by atoms with Gasteiger partial charge in [0.15, 0.2) is 11.2 Å². The van der Waals surface area contributed by atoms with Crippen LogP contribution in [-0.4, -0.2) is 30.2 Å². The molecule has 0 fully saturated rings. The minimum absolute atomic E-state index is 0.0363. The van der Waals surface area contributed by atoms with Crippen molar-refractivity contribution in [1.29, 1.82) is 0 Å². The summed E-state index contributed by atoms with van der Waals surface area (Å²) in [6.45, 7) is 2.71. The second kappa shape index (κ2) is 10.5. The van der Waals surface area contributed by atoms with Crippen molar-refractivity contribution in [2.45, 2.75) is 52.0 Å². The fourth-order valence-corrected chi connectivity index (χ4v) is 3.47. The van der Waals surface area contributed by atoms with Gasteiger partial charge in [-0.3, -0.25) is 24.5 Å². The molecule has 0 amide bonds. The topological polar surface area (TPSA) is 140 Å². The number of hydrogen-bond acceptors (Lipinski definition) is 7. The van der Waals surface area contributed by atoms with Crippen LogP contribution in [0.4, 0.5) is 11.6 Å². The molecule has 0 aliphatic heterocycles. The maximum Gasteiger partial charge on any atom is 0.329 e. The van der Waals surface area contributed by atoms with E-state index < -0.39 is 16.2 Å². The molecular weight excluding hydrogens is 414 g/mol. The molecule has 32 heavy (non-hydrogen) atoms. The maximum atomic E-state index is 12.5. The van der Waals surface area contributed by atoms with Gasteiger partial charge in [0, 0.05) is 31.3 Å². The number of nitrogens with zero attached hydrogens (tertiary/aromatic N) is 5. The largest absolute Gasteiger partial charge is 0.329 e. The monoisotopic (exact) mass is 441 g/mol. The highest BCUT2D eigenvalue weighted by Crippen LogP contribution is 2.18. The Bertz CT molecular complexity index is 1240. The molecule has 11 heteroatoms. The number of benzene rings is 1. The standard InChI is InChI=1S/C21H27N7O4/c1-3-4-5-6-7-8-12-27-17-18(26(2)21(30)24-19(17)29)23-20(27)25-22-14-15-10-9-11-16(13-15)28(31)32/h9-11,13-14H,3-8,12H2,1-2H3,(H,23,25)(H,24,29,30)/b22-14+. The molecule has 1 aromatic carbocycles. The third kappa shape index (κ3) is 5.29. The Kier molecular flexibility index (Phi) is 7.53. The van der Waals surface area contributed by atoms with E-state index in [4.69, 9.17) is 0 Å². The van der Waals surface area contributed by atoms with Crippen LogP contribution in [0.5, 0.6) is 0 Å². The SMILES string of the molecule is CCCCCCCCn1c(N/N=C/c2cccc([N+](=O)[O-])c2)nc2c1c(=O)[nH]c(=O)n2C. The van der Waals surface area contributed by atoms with Gasteiger partial charge in [-0.25, -0.2) is 10.2 Å². The van der Waals surface area contributed by atoms with Crippen molar-refractivity contribution in [2.24, 2.45) is 12.1 Å². The van der Waals surface area contributed by atoms with Crippen molar-refractivity contribution >= 4 is 29.0 Å². The molecule has 2 heterocycles. The van der Waals surface area contributed by atoms with E-state index >= 15 is 0 Å². The lowest BCUT2D eigenvalue weighted by molar-refractivity contribution is -0.384. The van der Waals surface area contributed by atoms with Crippen molar-refractivity contribution in [1.82, 2.24) is 19.1 Å². The highest BCUT2D eigenvalue weighted by atomic mass is 16.6. The third-order valence-electron chi connectivity index (χ3n) is 5.20. The number of aromatic nitrogens is 4. The number of anilines is 1. The predicted octanol–water partition coefficient (Wildman–Crippen LogP) is 3.14. The summed E-state index contributed by atoms with van der Waals surface area (Å²) in [7, 11) is 1.54. The minimum Gasteiger partial charge on any atom is -0.303 e. The number of nitro benzene ring substituents is 1. The molecule has 0 spiro atoms. The molecule has 3 rings (SSSR count). The first-order chi connectivity index (χ1) is 15.4. The lowest BCUT2D eigenvalue weighted by Crippen LogP contribution is -2.29. The second-order valence-electron chi connectivity index (χ2n) is 7.57.